The van der Waals surface area contributed by atoms with E-state index in [0.717, 1.165) is 0 Å². The van der Waals surface area contributed by atoms with Gasteiger partial charge in [-0.2, -0.15) is 0 Å². The van der Waals surface area contributed by atoms with Crippen molar-refractivity contribution in [1.82, 2.24) is 0 Å². The van der Waals surface area contributed by atoms with E-state index in [9.17, 15) is 9.59 Å². The van der Waals surface area contributed by atoms with Crippen molar-refractivity contribution in [2.24, 2.45) is 0 Å². The number of rotatable bonds is 10. The number of nitrogens with one attached hydrogen (secondary N) is 2. The molecule has 0 fully saturated rings. The predicted octanol–water partition coefficient (Wildman–Crippen LogP) is 4.93. The fourth-order valence-electron chi connectivity index (χ4n) is 3.14. The number of carbonyl (C=O) groups is 2. The van der Waals surface area contributed by atoms with E-state index in [1.165, 1.54) is 20.3 Å². The summed E-state index contributed by atoms with van der Waals surface area (Å²) >= 11 is 0. The highest BCUT2D eigenvalue weighted by Gasteiger charge is 2.22. The quantitative estimate of drug-likeness (QED) is 0.195. The molecule has 0 aliphatic rings. The number of para-hydroxylation sites is 5. The highest BCUT2D eigenvalue weighted by Crippen LogP contribution is 2.27. The first kappa shape index (κ1) is 24.1. The lowest BCUT2D eigenvalue weighted by atomic mass is 10.1. The molecule has 3 aromatic rings. The van der Waals surface area contributed by atoms with Crippen molar-refractivity contribution in [2.45, 2.75) is 0 Å². The number of anilines is 2. The molecular formula is C27H26N2O5. The maximum atomic E-state index is 13.3. The number of hydrogen-bond acceptors (Lipinski definition) is 5. The van der Waals surface area contributed by atoms with Gasteiger partial charge in [-0.1, -0.05) is 55.1 Å². The van der Waals surface area contributed by atoms with Crippen molar-refractivity contribution < 1.29 is 23.8 Å². The molecular weight excluding hydrogens is 432 g/mol. The van der Waals surface area contributed by atoms with Crippen molar-refractivity contribution in [1.29, 1.82) is 0 Å². The third kappa shape index (κ3) is 6.04. The van der Waals surface area contributed by atoms with Crippen LogP contribution in [0.4, 0.5) is 11.4 Å². The molecule has 0 aliphatic heterocycles. The second kappa shape index (κ2) is 11.9. The molecule has 0 atom stereocenters. The molecule has 0 spiro atoms. The van der Waals surface area contributed by atoms with E-state index in [4.69, 9.17) is 14.2 Å². The van der Waals surface area contributed by atoms with Crippen molar-refractivity contribution in [3.05, 3.63) is 96.6 Å². The van der Waals surface area contributed by atoms with E-state index in [1.807, 2.05) is 0 Å². The van der Waals surface area contributed by atoms with Crippen LogP contribution < -0.4 is 24.8 Å². The maximum absolute atomic E-state index is 13.3. The Balaban J connectivity index is 2.01. The van der Waals surface area contributed by atoms with Crippen LogP contribution in [-0.4, -0.2) is 32.6 Å². The molecule has 3 rings (SSSR count). The van der Waals surface area contributed by atoms with E-state index in [2.05, 4.69) is 17.2 Å². The zero-order valence-electron chi connectivity index (χ0n) is 19.0. The van der Waals surface area contributed by atoms with E-state index >= 15 is 0 Å². The van der Waals surface area contributed by atoms with Gasteiger partial charge in [-0.05, 0) is 36.4 Å². The molecule has 174 valence electrons. The monoisotopic (exact) mass is 458 g/mol. The van der Waals surface area contributed by atoms with Gasteiger partial charge in [0.05, 0.1) is 25.6 Å². The van der Waals surface area contributed by atoms with Crippen molar-refractivity contribution in [2.75, 3.05) is 31.5 Å². The third-order valence-electron chi connectivity index (χ3n) is 4.78. The predicted molar refractivity (Wildman–Crippen MR) is 133 cm³/mol. The summed E-state index contributed by atoms with van der Waals surface area (Å²) < 4.78 is 16.3. The van der Waals surface area contributed by atoms with E-state index in [0.29, 0.717) is 34.2 Å². The first-order chi connectivity index (χ1) is 16.6. The molecule has 0 heterocycles. The minimum atomic E-state index is -0.615. The molecule has 7 nitrogen and oxygen atoms in total. The number of ether oxygens (including phenoxy) is 3. The number of methoxy groups -OCH3 is 2. The van der Waals surface area contributed by atoms with Crippen molar-refractivity contribution >= 4 is 29.3 Å². The SMILES string of the molecule is C=CCOc1ccccc1C=C(C(=O)Nc1ccccc1OC)C(=O)Nc1ccccc1OC. The van der Waals surface area contributed by atoms with Gasteiger partial charge in [0.2, 0.25) is 0 Å². The molecule has 0 saturated heterocycles. The minimum Gasteiger partial charge on any atom is -0.495 e. The summed E-state index contributed by atoms with van der Waals surface area (Å²) in [6.45, 7) is 3.94. The Morgan fingerprint density at radius 3 is 1.74 bits per heavy atom. The summed E-state index contributed by atoms with van der Waals surface area (Å²) in [5.74, 6) is 0.214. The fraction of sp³-hybridized carbons (Fsp3) is 0.111. The second-order valence-electron chi connectivity index (χ2n) is 7.00. The van der Waals surface area contributed by atoms with Crippen LogP contribution in [0.25, 0.3) is 6.08 Å². The van der Waals surface area contributed by atoms with Crippen LogP contribution in [0, 0.1) is 0 Å². The van der Waals surface area contributed by atoms with E-state index < -0.39 is 11.8 Å². The van der Waals surface area contributed by atoms with Gasteiger partial charge in [-0.15, -0.1) is 0 Å². The Labute approximate surface area is 198 Å². The molecule has 0 radical (unpaired) electrons. The smallest absolute Gasteiger partial charge is 0.261 e. The molecule has 2 N–H and O–H groups in total. The minimum absolute atomic E-state index is 0.133. The largest absolute Gasteiger partial charge is 0.495 e. The van der Waals surface area contributed by atoms with Gasteiger partial charge in [-0.25, -0.2) is 0 Å². The molecule has 0 aromatic heterocycles. The average molecular weight is 459 g/mol. The van der Waals surface area contributed by atoms with Gasteiger partial charge in [0.15, 0.2) is 0 Å². The second-order valence-corrected chi connectivity index (χ2v) is 7.00. The summed E-state index contributed by atoms with van der Waals surface area (Å²) in [5, 5.41) is 5.52. The van der Waals surface area contributed by atoms with E-state index in [1.54, 1.807) is 78.9 Å². The van der Waals surface area contributed by atoms with Gasteiger partial charge in [-0.3, -0.25) is 9.59 Å². The van der Waals surface area contributed by atoms with Gasteiger partial charge in [0, 0.05) is 5.56 Å². The highest BCUT2D eigenvalue weighted by atomic mass is 16.5. The van der Waals surface area contributed by atoms with Crippen LogP contribution in [0.2, 0.25) is 0 Å². The number of hydrogen-bond donors (Lipinski definition) is 2. The third-order valence-corrected chi connectivity index (χ3v) is 4.78. The zero-order valence-corrected chi connectivity index (χ0v) is 19.0. The normalized spacial score (nSPS) is 9.94. The highest BCUT2D eigenvalue weighted by molar-refractivity contribution is 6.29. The Kier molecular flexibility index (Phi) is 8.46. The summed E-state index contributed by atoms with van der Waals surface area (Å²) in [5.41, 5.74) is 1.29. The lowest BCUT2D eigenvalue weighted by molar-refractivity contribution is -0.118. The zero-order chi connectivity index (χ0) is 24.3. The molecule has 0 unspecified atom stereocenters. The molecule has 0 saturated carbocycles. The molecule has 0 aliphatic carbocycles. The number of carbonyl (C=O) groups excluding carboxylic acids is 2. The summed E-state index contributed by atoms with van der Waals surface area (Å²) in [4.78, 5) is 26.6. The Hall–Kier alpha value is -4.52. The summed E-state index contributed by atoms with van der Waals surface area (Å²) in [6.07, 6.45) is 3.10. The average Bonchev–Trinajstić information content (AvgIpc) is 2.87. The van der Waals surface area contributed by atoms with Crippen LogP contribution in [0.15, 0.2) is 91.0 Å². The topological polar surface area (TPSA) is 85.9 Å². The first-order valence-electron chi connectivity index (χ1n) is 10.5. The van der Waals surface area contributed by atoms with Crippen LogP contribution in [0.3, 0.4) is 0 Å². The summed E-state index contributed by atoms with van der Waals surface area (Å²) in [7, 11) is 3.01. The van der Waals surface area contributed by atoms with E-state index in [-0.39, 0.29) is 12.2 Å². The van der Waals surface area contributed by atoms with Crippen LogP contribution in [0.1, 0.15) is 5.56 Å². The molecule has 0 bridgehead atoms. The molecule has 34 heavy (non-hydrogen) atoms. The lowest BCUT2D eigenvalue weighted by Crippen LogP contribution is -2.25. The lowest BCUT2D eigenvalue weighted by Gasteiger charge is -2.14. The Morgan fingerprint density at radius 1 is 0.765 bits per heavy atom. The Morgan fingerprint density at radius 2 is 1.24 bits per heavy atom. The van der Waals surface area contributed by atoms with Gasteiger partial charge < -0.3 is 24.8 Å². The number of amides is 2. The molecule has 7 heteroatoms. The molecule has 2 amide bonds. The first-order valence-corrected chi connectivity index (χ1v) is 10.5. The summed E-state index contributed by atoms with van der Waals surface area (Å²) in [6, 6.07) is 21.0. The standard InChI is InChI=1S/C27H26N2O5/c1-4-17-34-23-14-8-5-11-19(23)18-20(26(30)28-21-12-6-9-15-24(21)32-2)27(31)29-22-13-7-10-16-25(22)33-3/h4-16,18H,1,17H2,2-3H3,(H,28,30)(H,29,31). The van der Waals surface area contributed by atoms with Gasteiger partial charge >= 0.3 is 0 Å². The molecule has 3 aromatic carbocycles. The van der Waals surface area contributed by atoms with Gasteiger partial charge in [0.25, 0.3) is 11.8 Å². The van der Waals surface area contributed by atoms with Crippen LogP contribution in [0.5, 0.6) is 17.2 Å². The van der Waals surface area contributed by atoms with Crippen LogP contribution >= 0.6 is 0 Å². The van der Waals surface area contributed by atoms with Crippen molar-refractivity contribution in [3.63, 3.8) is 0 Å². The van der Waals surface area contributed by atoms with Gasteiger partial charge in [0.1, 0.15) is 29.4 Å². The Bertz CT molecular complexity index is 1140. The fourth-order valence-corrected chi connectivity index (χ4v) is 3.14. The number of benzene rings is 3. The van der Waals surface area contributed by atoms with Crippen molar-refractivity contribution in [3.8, 4) is 17.2 Å². The van der Waals surface area contributed by atoms with Crippen LogP contribution in [-0.2, 0) is 9.59 Å². The maximum Gasteiger partial charge on any atom is 0.261 e.